The quantitative estimate of drug-likeness (QED) is 0.593. The fraction of sp³-hybridized carbons (Fsp3) is 0.545. The van der Waals surface area contributed by atoms with Crippen molar-refractivity contribution < 1.29 is 19.4 Å². The number of carbonyl (C=O) groups excluding carboxylic acids is 1. The number of nitrogens with two attached hydrogens (primary N) is 1. The van der Waals surface area contributed by atoms with E-state index in [4.69, 9.17) is 10.5 Å². The number of carboxylic acids is 1. The van der Waals surface area contributed by atoms with Crippen LogP contribution in [-0.4, -0.2) is 56.3 Å². The summed E-state index contributed by atoms with van der Waals surface area (Å²) >= 11 is 2.87. The highest BCUT2D eigenvalue weighted by Gasteiger charge is 2.51. The van der Waals surface area contributed by atoms with Gasteiger partial charge in [-0.05, 0) is 5.57 Å². The van der Waals surface area contributed by atoms with Crippen molar-refractivity contribution in [3.05, 3.63) is 11.3 Å². The van der Waals surface area contributed by atoms with Crippen LogP contribution >= 0.6 is 23.5 Å². The molecule has 1 saturated heterocycles. The summed E-state index contributed by atoms with van der Waals surface area (Å²) in [4.78, 5) is 24.6. The molecule has 10 heteroatoms. The molecular weight excluding hydrogens is 316 g/mol. The number of aliphatic carboxylic acids is 1. The van der Waals surface area contributed by atoms with Crippen molar-refractivity contribution >= 4 is 41.8 Å². The molecular formula is C11H14N4O4S2. The number of hydrogen-bond donors (Lipinski definition) is 3. The normalized spacial score (nSPS) is 34.2. The zero-order valence-electron chi connectivity index (χ0n) is 11.1. The number of thioether (sulfide) groups is 2. The molecule has 3 aliphatic rings. The average molecular weight is 330 g/mol. The summed E-state index contributed by atoms with van der Waals surface area (Å²) in [6.07, 6.45) is 1.31. The molecule has 0 radical (unpaired) electrons. The molecule has 0 saturated carbocycles. The molecule has 8 nitrogen and oxygen atoms in total. The van der Waals surface area contributed by atoms with Crippen molar-refractivity contribution in [1.29, 1.82) is 0 Å². The molecule has 0 aromatic heterocycles. The molecule has 3 aliphatic heterocycles. The van der Waals surface area contributed by atoms with Gasteiger partial charge in [0.05, 0.1) is 0 Å². The Morgan fingerprint density at radius 2 is 2.57 bits per heavy atom. The second-order valence-electron chi connectivity index (χ2n) is 4.89. The number of hydrogen-bond acceptors (Lipinski definition) is 8. The first-order valence-electron chi connectivity index (χ1n) is 6.19. The third-order valence-corrected chi connectivity index (χ3v) is 6.00. The molecule has 3 atom stereocenters. The number of hydrazone groups is 1. The van der Waals surface area contributed by atoms with Crippen LogP contribution in [0.2, 0.25) is 0 Å². The number of rotatable bonds is 4. The molecule has 0 aliphatic carbocycles. The number of nitrogens with one attached hydrogen (secondary N) is 1. The molecule has 3 heterocycles. The number of β-lactam (4-membered cyclic amide) rings is 1. The Morgan fingerprint density at radius 1 is 1.81 bits per heavy atom. The maximum absolute atomic E-state index is 11.8. The van der Waals surface area contributed by atoms with Crippen LogP contribution in [-0.2, 0) is 14.3 Å². The number of carboxylic acid groups (broad SMARTS) is 1. The molecule has 0 bridgehead atoms. The summed E-state index contributed by atoms with van der Waals surface area (Å²) in [5, 5.41) is 12.2. The summed E-state index contributed by atoms with van der Waals surface area (Å²) in [5.74, 6) is -0.476. The lowest BCUT2D eigenvalue weighted by molar-refractivity contribution is -0.147. The highest BCUT2D eigenvalue weighted by Crippen LogP contribution is 2.41. The van der Waals surface area contributed by atoms with Crippen LogP contribution in [0.4, 0.5) is 0 Å². The molecule has 1 fully saturated rings. The smallest absolute Gasteiger partial charge is 0.352 e. The minimum absolute atomic E-state index is 0.0560. The van der Waals surface area contributed by atoms with E-state index in [1.54, 1.807) is 6.92 Å². The fourth-order valence-electron chi connectivity index (χ4n) is 2.28. The number of ether oxygens (including phenoxy) is 1. The molecule has 0 aromatic rings. The Kier molecular flexibility index (Phi) is 3.54. The van der Waals surface area contributed by atoms with Gasteiger partial charge in [-0.25, -0.2) is 4.79 Å². The van der Waals surface area contributed by atoms with Crippen LogP contribution in [0.25, 0.3) is 0 Å². The Hall–Kier alpha value is -1.39. The predicted molar refractivity (Wildman–Crippen MR) is 79.3 cm³/mol. The third kappa shape index (κ3) is 2.36. The van der Waals surface area contributed by atoms with Crippen molar-refractivity contribution in [2.45, 2.75) is 23.4 Å². The zero-order valence-corrected chi connectivity index (χ0v) is 12.7. The molecule has 0 aromatic carbocycles. The lowest BCUT2D eigenvalue weighted by atomic mass is 10.0. The van der Waals surface area contributed by atoms with Gasteiger partial charge in [-0.15, -0.1) is 16.9 Å². The van der Waals surface area contributed by atoms with Crippen LogP contribution in [0.3, 0.4) is 0 Å². The lowest BCUT2D eigenvalue weighted by Gasteiger charge is -2.48. The largest absolute Gasteiger partial charge is 0.477 e. The van der Waals surface area contributed by atoms with E-state index < -0.39 is 17.1 Å². The lowest BCUT2D eigenvalue weighted by Crippen LogP contribution is -2.68. The van der Waals surface area contributed by atoms with Crippen LogP contribution in [0.15, 0.2) is 16.4 Å². The Labute approximate surface area is 129 Å². The number of nitrogens with zero attached hydrogens (tertiary/aromatic N) is 2. The number of carbonyl (C=O) groups is 2. The van der Waals surface area contributed by atoms with Gasteiger partial charge in [-0.2, -0.15) is 0 Å². The van der Waals surface area contributed by atoms with Crippen LogP contribution in [0.1, 0.15) is 6.92 Å². The first-order chi connectivity index (χ1) is 9.93. The fourth-order valence-corrected chi connectivity index (χ4v) is 4.62. The zero-order chi connectivity index (χ0) is 15.2. The topological polar surface area (TPSA) is 117 Å². The SMILES string of the molecule is CC1(SCC2=C(C(=O)O)N3C(=O)C(N)[C@H]3SC2)NN=CO1. The van der Waals surface area contributed by atoms with Crippen molar-refractivity contribution in [2.75, 3.05) is 11.5 Å². The molecule has 2 unspecified atom stereocenters. The van der Waals surface area contributed by atoms with Crippen LogP contribution < -0.4 is 11.2 Å². The van der Waals surface area contributed by atoms with Crippen LogP contribution in [0, 0.1) is 0 Å². The van der Waals surface area contributed by atoms with Gasteiger partial charge in [0.25, 0.3) is 0 Å². The first kappa shape index (κ1) is 14.5. The number of fused-ring (bicyclic) bond motifs is 1. The Balaban J connectivity index is 1.78. The standard InChI is InChI=1S/C11H14N4O4S2/c1-11(14-13-4-19-11)21-3-5-2-20-9-6(12)8(16)15(9)7(5)10(17)18/h4,6,9,14H,2-3,12H2,1H3,(H,17,18)/t6?,9-,11?/m1/s1. The third-order valence-electron chi connectivity index (χ3n) is 3.41. The minimum Gasteiger partial charge on any atom is -0.477 e. The maximum Gasteiger partial charge on any atom is 0.352 e. The summed E-state index contributed by atoms with van der Waals surface area (Å²) in [7, 11) is 0. The summed E-state index contributed by atoms with van der Waals surface area (Å²) < 4.78 is 5.31. The Morgan fingerprint density at radius 3 is 3.19 bits per heavy atom. The van der Waals surface area contributed by atoms with E-state index in [0.717, 1.165) is 0 Å². The van der Waals surface area contributed by atoms with Gasteiger partial charge < -0.3 is 15.6 Å². The van der Waals surface area contributed by atoms with Gasteiger partial charge >= 0.3 is 5.97 Å². The van der Waals surface area contributed by atoms with E-state index in [1.165, 1.54) is 34.8 Å². The van der Waals surface area contributed by atoms with Crippen molar-refractivity contribution in [3.63, 3.8) is 0 Å². The van der Waals surface area contributed by atoms with Gasteiger partial charge in [-0.1, -0.05) is 11.8 Å². The summed E-state index contributed by atoms with van der Waals surface area (Å²) in [6, 6.07) is -0.607. The summed E-state index contributed by atoms with van der Waals surface area (Å²) in [5.41, 5.74) is 9.24. The minimum atomic E-state index is -1.10. The molecule has 0 spiro atoms. The van der Waals surface area contributed by atoms with Gasteiger partial charge in [-0.3, -0.25) is 15.1 Å². The van der Waals surface area contributed by atoms with Gasteiger partial charge in [0.1, 0.15) is 17.1 Å². The van der Waals surface area contributed by atoms with E-state index >= 15 is 0 Å². The van der Waals surface area contributed by atoms with Gasteiger partial charge in [0.15, 0.2) is 6.40 Å². The van der Waals surface area contributed by atoms with Gasteiger partial charge in [0, 0.05) is 18.4 Å². The second-order valence-corrected chi connectivity index (χ2v) is 7.35. The van der Waals surface area contributed by atoms with E-state index in [-0.39, 0.29) is 17.0 Å². The van der Waals surface area contributed by atoms with Crippen molar-refractivity contribution in [1.82, 2.24) is 10.3 Å². The predicted octanol–water partition coefficient (Wildman–Crippen LogP) is -0.462. The first-order valence-corrected chi connectivity index (χ1v) is 8.22. The number of amides is 1. The molecule has 4 N–H and O–H groups in total. The van der Waals surface area contributed by atoms with E-state index in [0.29, 0.717) is 17.1 Å². The van der Waals surface area contributed by atoms with Crippen molar-refractivity contribution in [3.8, 4) is 0 Å². The highest BCUT2D eigenvalue weighted by molar-refractivity contribution is 8.01. The van der Waals surface area contributed by atoms with E-state index in [1.807, 2.05) is 0 Å². The highest BCUT2D eigenvalue weighted by atomic mass is 32.2. The van der Waals surface area contributed by atoms with Crippen molar-refractivity contribution in [2.24, 2.45) is 10.8 Å². The monoisotopic (exact) mass is 330 g/mol. The molecule has 1 amide bonds. The van der Waals surface area contributed by atoms with Gasteiger partial charge in [0.2, 0.25) is 11.0 Å². The summed E-state index contributed by atoms with van der Waals surface area (Å²) in [6.45, 7) is 1.80. The van der Waals surface area contributed by atoms with E-state index in [9.17, 15) is 14.7 Å². The molecule has 114 valence electrons. The van der Waals surface area contributed by atoms with E-state index in [2.05, 4.69) is 10.5 Å². The van der Waals surface area contributed by atoms with Crippen LogP contribution in [0.5, 0.6) is 0 Å². The molecule has 21 heavy (non-hydrogen) atoms. The second kappa shape index (κ2) is 5.11. The Bertz CT molecular complexity index is 556. The maximum atomic E-state index is 11.8. The molecule has 3 rings (SSSR count). The average Bonchev–Trinajstić information content (AvgIpc) is 2.90.